The van der Waals surface area contributed by atoms with Gasteiger partial charge in [0.05, 0.1) is 0 Å². The van der Waals surface area contributed by atoms with Crippen LogP contribution >= 0.6 is 0 Å². The number of piperidine rings is 1. The summed E-state index contributed by atoms with van der Waals surface area (Å²) in [7, 11) is 0. The molecule has 1 rings (SSSR count). The summed E-state index contributed by atoms with van der Waals surface area (Å²) in [4.78, 5) is 2.52. The van der Waals surface area contributed by atoms with Gasteiger partial charge in [-0.2, -0.15) is 0 Å². The van der Waals surface area contributed by atoms with Gasteiger partial charge in [-0.05, 0) is 79.9 Å². The molecule has 0 aromatic heterocycles. The lowest BCUT2D eigenvalue weighted by atomic mass is 9.79. The predicted molar refractivity (Wildman–Crippen MR) is 93.9 cm³/mol. The number of hydrogen-bond acceptors (Lipinski definition) is 3. The molecular formula is C18H39N3. The molecule has 1 fully saturated rings. The molecule has 2 N–H and O–H groups in total. The van der Waals surface area contributed by atoms with Crippen LogP contribution < -0.4 is 10.6 Å². The van der Waals surface area contributed by atoms with Crippen molar-refractivity contribution in [1.82, 2.24) is 15.5 Å². The van der Waals surface area contributed by atoms with Crippen molar-refractivity contribution >= 4 is 0 Å². The van der Waals surface area contributed by atoms with Crippen molar-refractivity contribution in [2.75, 3.05) is 19.6 Å². The van der Waals surface area contributed by atoms with Gasteiger partial charge < -0.3 is 15.5 Å². The molecule has 0 amide bonds. The zero-order valence-corrected chi connectivity index (χ0v) is 15.6. The Balaban J connectivity index is 2.35. The number of nitrogens with zero attached hydrogens (tertiary/aromatic N) is 1. The fourth-order valence-electron chi connectivity index (χ4n) is 4.09. The molecule has 0 saturated carbocycles. The van der Waals surface area contributed by atoms with E-state index in [0.29, 0.717) is 12.1 Å². The largest absolute Gasteiger partial charge is 0.311 e. The van der Waals surface area contributed by atoms with Crippen LogP contribution in [0.15, 0.2) is 0 Å². The molecule has 1 aliphatic rings. The summed E-state index contributed by atoms with van der Waals surface area (Å²) in [5.74, 6) is 0. The third-order valence-corrected chi connectivity index (χ3v) is 4.72. The molecular weight excluding hydrogens is 258 g/mol. The van der Waals surface area contributed by atoms with Crippen molar-refractivity contribution in [2.24, 2.45) is 0 Å². The van der Waals surface area contributed by atoms with Gasteiger partial charge in [0, 0.05) is 23.2 Å². The molecule has 1 saturated heterocycles. The monoisotopic (exact) mass is 297 g/mol. The third kappa shape index (κ3) is 7.12. The van der Waals surface area contributed by atoms with Gasteiger partial charge >= 0.3 is 0 Å². The molecule has 1 heterocycles. The van der Waals surface area contributed by atoms with Crippen LogP contribution in [0, 0.1) is 0 Å². The van der Waals surface area contributed by atoms with E-state index in [2.05, 4.69) is 64.0 Å². The van der Waals surface area contributed by atoms with Crippen LogP contribution in [0.1, 0.15) is 74.1 Å². The minimum Gasteiger partial charge on any atom is -0.311 e. The topological polar surface area (TPSA) is 27.3 Å². The highest BCUT2D eigenvalue weighted by molar-refractivity contribution is 4.99. The van der Waals surface area contributed by atoms with Gasteiger partial charge in [0.1, 0.15) is 0 Å². The second-order valence-electron chi connectivity index (χ2n) is 8.23. The van der Waals surface area contributed by atoms with Gasteiger partial charge in [0.25, 0.3) is 0 Å². The van der Waals surface area contributed by atoms with E-state index in [1.54, 1.807) is 0 Å². The van der Waals surface area contributed by atoms with Crippen LogP contribution in [0.2, 0.25) is 0 Å². The van der Waals surface area contributed by atoms with Crippen LogP contribution in [-0.2, 0) is 0 Å². The van der Waals surface area contributed by atoms with Crippen LogP contribution in [0.4, 0.5) is 0 Å². The fourth-order valence-corrected chi connectivity index (χ4v) is 4.09. The summed E-state index contributed by atoms with van der Waals surface area (Å²) in [6.07, 6.45) is 5.02. The number of nitrogens with one attached hydrogen (secondary N) is 2. The Morgan fingerprint density at radius 3 is 2.10 bits per heavy atom. The summed E-state index contributed by atoms with van der Waals surface area (Å²) < 4.78 is 0. The molecule has 0 bridgehead atoms. The first kappa shape index (κ1) is 18.9. The van der Waals surface area contributed by atoms with Crippen molar-refractivity contribution in [2.45, 2.75) is 97.3 Å². The van der Waals surface area contributed by atoms with Crippen molar-refractivity contribution in [3.63, 3.8) is 0 Å². The Bertz CT molecular complexity index is 279. The lowest BCUT2D eigenvalue weighted by Gasteiger charge is -2.47. The van der Waals surface area contributed by atoms with E-state index >= 15 is 0 Å². The summed E-state index contributed by atoms with van der Waals surface area (Å²) in [5.41, 5.74) is 0.473. The average molecular weight is 298 g/mol. The zero-order valence-electron chi connectivity index (χ0n) is 15.6. The zero-order chi connectivity index (χ0) is 16.1. The van der Waals surface area contributed by atoms with Gasteiger partial charge in [-0.1, -0.05) is 13.8 Å². The molecule has 1 aliphatic heterocycles. The second-order valence-corrected chi connectivity index (χ2v) is 8.23. The first-order chi connectivity index (χ1) is 9.67. The Morgan fingerprint density at radius 1 is 1.10 bits per heavy atom. The minimum atomic E-state index is 0.236. The van der Waals surface area contributed by atoms with Gasteiger partial charge in [0.2, 0.25) is 0 Å². The molecule has 1 unspecified atom stereocenters. The van der Waals surface area contributed by atoms with Crippen molar-refractivity contribution in [3.8, 4) is 0 Å². The standard InChI is InChI=1S/C18H39N3/c1-8-21(9-2)12-10-11-15(3)19-16-13-17(4,5)20-18(6,7)14-16/h15-16,19-20H,8-14H2,1-7H3. The molecule has 126 valence electrons. The summed E-state index contributed by atoms with van der Waals surface area (Å²) in [6, 6.07) is 1.26. The van der Waals surface area contributed by atoms with Crippen molar-refractivity contribution < 1.29 is 0 Å². The summed E-state index contributed by atoms with van der Waals surface area (Å²) in [6.45, 7) is 19.8. The maximum atomic E-state index is 3.88. The van der Waals surface area contributed by atoms with E-state index in [-0.39, 0.29) is 11.1 Å². The highest BCUT2D eigenvalue weighted by Crippen LogP contribution is 2.28. The Kier molecular flexibility index (Phi) is 7.15. The molecule has 0 aromatic carbocycles. The van der Waals surface area contributed by atoms with Crippen LogP contribution in [0.5, 0.6) is 0 Å². The van der Waals surface area contributed by atoms with Crippen molar-refractivity contribution in [1.29, 1.82) is 0 Å². The Hall–Kier alpha value is -0.120. The van der Waals surface area contributed by atoms with Gasteiger partial charge in [-0.3, -0.25) is 0 Å². The average Bonchev–Trinajstić information content (AvgIpc) is 2.30. The Morgan fingerprint density at radius 2 is 1.62 bits per heavy atom. The van der Waals surface area contributed by atoms with Gasteiger partial charge in [-0.15, -0.1) is 0 Å². The van der Waals surface area contributed by atoms with E-state index in [4.69, 9.17) is 0 Å². The van der Waals surface area contributed by atoms with E-state index < -0.39 is 0 Å². The molecule has 0 aromatic rings. The molecule has 3 nitrogen and oxygen atoms in total. The smallest absolute Gasteiger partial charge is 0.0144 e. The number of rotatable bonds is 8. The van der Waals surface area contributed by atoms with Gasteiger partial charge in [-0.25, -0.2) is 0 Å². The lowest BCUT2D eigenvalue weighted by molar-refractivity contribution is 0.139. The second kappa shape index (κ2) is 7.94. The first-order valence-electron chi connectivity index (χ1n) is 8.95. The lowest BCUT2D eigenvalue weighted by Crippen LogP contribution is -2.62. The molecule has 0 spiro atoms. The molecule has 3 heteroatoms. The maximum absolute atomic E-state index is 3.88. The molecule has 1 atom stereocenters. The summed E-state index contributed by atoms with van der Waals surface area (Å²) >= 11 is 0. The first-order valence-corrected chi connectivity index (χ1v) is 8.95. The summed E-state index contributed by atoms with van der Waals surface area (Å²) in [5, 5.41) is 7.64. The Labute approximate surface area is 133 Å². The highest BCUT2D eigenvalue weighted by Gasteiger charge is 2.37. The quantitative estimate of drug-likeness (QED) is 0.719. The predicted octanol–water partition coefficient (Wildman–Crippen LogP) is 3.40. The van der Waals surface area contributed by atoms with Gasteiger partial charge in [0.15, 0.2) is 0 Å². The van der Waals surface area contributed by atoms with Crippen LogP contribution in [0.3, 0.4) is 0 Å². The SMILES string of the molecule is CCN(CC)CCCC(C)NC1CC(C)(C)NC(C)(C)C1. The minimum absolute atomic E-state index is 0.236. The maximum Gasteiger partial charge on any atom is 0.0144 e. The van der Waals surface area contributed by atoms with E-state index in [1.807, 2.05) is 0 Å². The number of hydrogen-bond donors (Lipinski definition) is 2. The van der Waals surface area contributed by atoms with E-state index in [1.165, 1.54) is 45.3 Å². The van der Waals surface area contributed by atoms with Crippen molar-refractivity contribution in [3.05, 3.63) is 0 Å². The highest BCUT2D eigenvalue weighted by atomic mass is 15.1. The third-order valence-electron chi connectivity index (χ3n) is 4.72. The van der Waals surface area contributed by atoms with E-state index in [9.17, 15) is 0 Å². The van der Waals surface area contributed by atoms with E-state index in [0.717, 1.165) is 0 Å². The molecule has 0 aliphatic carbocycles. The molecule has 0 radical (unpaired) electrons. The fraction of sp³-hybridized carbons (Fsp3) is 1.00. The van der Waals surface area contributed by atoms with Crippen LogP contribution in [0.25, 0.3) is 0 Å². The van der Waals surface area contributed by atoms with Crippen LogP contribution in [-0.4, -0.2) is 47.7 Å². The molecule has 21 heavy (non-hydrogen) atoms. The normalized spacial score (nSPS) is 23.4.